The zero-order valence-electron chi connectivity index (χ0n) is 31.6. The average molecular weight is 741 g/mol. The summed E-state index contributed by atoms with van der Waals surface area (Å²) in [7, 11) is 0. The predicted octanol–water partition coefficient (Wildman–Crippen LogP) is 15.4. The topological polar surface area (TPSA) is 29.3 Å². The summed E-state index contributed by atoms with van der Waals surface area (Å²) < 4.78 is 6.46. The molecule has 0 saturated heterocycles. The van der Waals surface area contributed by atoms with E-state index in [0.29, 0.717) is 5.89 Å². The Bertz CT molecular complexity index is 3240. The maximum absolute atomic E-state index is 6.46. The molecule has 3 nitrogen and oxygen atoms in total. The minimum absolute atomic E-state index is 0.634. The first-order valence-electron chi connectivity index (χ1n) is 19.7. The number of rotatable bonds is 7. The lowest BCUT2D eigenvalue weighted by Crippen LogP contribution is -2.09. The van der Waals surface area contributed by atoms with Gasteiger partial charge in [-0.05, 0) is 121 Å². The van der Waals surface area contributed by atoms with E-state index in [9.17, 15) is 0 Å². The summed E-state index contributed by atoms with van der Waals surface area (Å²) in [5, 5.41) is 7.27. The lowest BCUT2D eigenvalue weighted by molar-refractivity contribution is 0.623. The molecular formula is C55H36N2O. The summed E-state index contributed by atoms with van der Waals surface area (Å²) in [6.07, 6.45) is 0. The average Bonchev–Trinajstić information content (AvgIpc) is 3.75. The quantitative estimate of drug-likeness (QED) is 0.152. The van der Waals surface area contributed by atoms with Crippen LogP contribution >= 0.6 is 0 Å². The molecule has 0 radical (unpaired) electrons. The Morgan fingerprint density at radius 2 is 0.879 bits per heavy atom. The van der Waals surface area contributed by atoms with Crippen LogP contribution in [0.5, 0.6) is 0 Å². The van der Waals surface area contributed by atoms with Crippen LogP contribution in [0.1, 0.15) is 0 Å². The SMILES string of the molecule is c1ccc(-c2nc3ccc4cccc(-c5ccc(-c6ccc(N(c7ccccc7)c7ccc(-c8cc9ccccc9c9ccccc89)cc7)cc6)cc5)c4c3o2)cc1. The van der Waals surface area contributed by atoms with Crippen LogP contribution < -0.4 is 4.90 Å². The Hall–Kier alpha value is -7.75. The van der Waals surface area contributed by atoms with E-state index >= 15 is 0 Å². The van der Waals surface area contributed by atoms with Crippen molar-refractivity contribution in [1.82, 2.24) is 4.98 Å². The van der Waals surface area contributed by atoms with Gasteiger partial charge in [0.05, 0.1) is 0 Å². The summed E-state index contributed by atoms with van der Waals surface area (Å²) in [5.41, 5.74) is 12.9. The van der Waals surface area contributed by atoms with Crippen LogP contribution in [0.3, 0.4) is 0 Å². The summed E-state index contributed by atoms with van der Waals surface area (Å²) in [5.74, 6) is 0.634. The number of hydrogen-bond acceptors (Lipinski definition) is 3. The van der Waals surface area contributed by atoms with Crippen LogP contribution in [0, 0.1) is 0 Å². The van der Waals surface area contributed by atoms with Gasteiger partial charge in [0.1, 0.15) is 5.52 Å². The molecule has 11 rings (SSSR count). The smallest absolute Gasteiger partial charge is 0.227 e. The van der Waals surface area contributed by atoms with E-state index in [1.54, 1.807) is 0 Å². The van der Waals surface area contributed by atoms with Crippen LogP contribution in [-0.2, 0) is 0 Å². The van der Waals surface area contributed by atoms with Crippen molar-refractivity contribution in [2.75, 3.05) is 4.90 Å². The highest BCUT2D eigenvalue weighted by Crippen LogP contribution is 2.41. The number of aromatic nitrogens is 1. The van der Waals surface area contributed by atoms with Crippen LogP contribution in [0.15, 0.2) is 223 Å². The van der Waals surface area contributed by atoms with Gasteiger partial charge in [0.15, 0.2) is 5.58 Å². The third-order valence-electron chi connectivity index (χ3n) is 11.3. The Morgan fingerprint density at radius 1 is 0.345 bits per heavy atom. The van der Waals surface area contributed by atoms with E-state index in [-0.39, 0.29) is 0 Å². The molecule has 0 atom stereocenters. The Balaban J connectivity index is 0.914. The maximum Gasteiger partial charge on any atom is 0.227 e. The highest BCUT2D eigenvalue weighted by Gasteiger charge is 2.17. The van der Waals surface area contributed by atoms with Gasteiger partial charge >= 0.3 is 0 Å². The number of fused-ring (bicyclic) bond motifs is 6. The van der Waals surface area contributed by atoms with Crippen molar-refractivity contribution in [3.8, 4) is 44.8 Å². The second-order valence-corrected chi connectivity index (χ2v) is 14.7. The van der Waals surface area contributed by atoms with Gasteiger partial charge in [-0.15, -0.1) is 0 Å². The van der Waals surface area contributed by atoms with E-state index in [1.807, 2.05) is 36.4 Å². The molecule has 0 N–H and O–H groups in total. The summed E-state index contributed by atoms with van der Waals surface area (Å²) in [6, 6.07) is 77.7. The molecule has 58 heavy (non-hydrogen) atoms. The molecule has 10 aromatic carbocycles. The van der Waals surface area contributed by atoms with Gasteiger partial charge in [0, 0.05) is 28.0 Å². The molecule has 0 spiro atoms. The molecule has 1 heterocycles. The molecule has 0 aliphatic rings. The molecule has 0 saturated carbocycles. The van der Waals surface area contributed by atoms with Crippen molar-refractivity contribution in [3.05, 3.63) is 218 Å². The van der Waals surface area contributed by atoms with E-state index in [0.717, 1.165) is 66.8 Å². The molecule has 11 aromatic rings. The fraction of sp³-hybridized carbons (Fsp3) is 0. The van der Waals surface area contributed by atoms with Gasteiger partial charge in [-0.3, -0.25) is 0 Å². The number of benzene rings is 10. The zero-order chi connectivity index (χ0) is 38.4. The molecule has 1 aromatic heterocycles. The molecule has 3 heteroatoms. The summed E-state index contributed by atoms with van der Waals surface area (Å²) in [6.45, 7) is 0. The molecular weight excluding hydrogens is 705 g/mol. The highest BCUT2D eigenvalue weighted by atomic mass is 16.3. The number of nitrogens with zero attached hydrogens (tertiary/aromatic N) is 2. The molecule has 0 fully saturated rings. The van der Waals surface area contributed by atoms with E-state index < -0.39 is 0 Å². The van der Waals surface area contributed by atoms with Crippen molar-refractivity contribution in [2.45, 2.75) is 0 Å². The van der Waals surface area contributed by atoms with E-state index in [1.165, 1.54) is 32.7 Å². The second kappa shape index (κ2) is 14.1. The molecule has 0 amide bonds. The molecule has 0 aliphatic heterocycles. The third-order valence-corrected chi connectivity index (χ3v) is 11.3. The number of para-hydroxylation sites is 1. The van der Waals surface area contributed by atoms with Gasteiger partial charge < -0.3 is 9.32 Å². The first-order chi connectivity index (χ1) is 28.7. The summed E-state index contributed by atoms with van der Waals surface area (Å²) in [4.78, 5) is 7.17. The lowest BCUT2D eigenvalue weighted by Gasteiger charge is -2.26. The fourth-order valence-corrected chi connectivity index (χ4v) is 8.45. The van der Waals surface area contributed by atoms with Crippen molar-refractivity contribution in [2.24, 2.45) is 0 Å². The van der Waals surface area contributed by atoms with Gasteiger partial charge in [-0.25, -0.2) is 4.98 Å². The largest absolute Gasteiger partial charge is 0.435 e. The van der Waals surface area contributed by atoms with Crippen LogP contribution in [0.2, 0.25) is 0 Å². The van der Waals surface area contributed by atoms with Crippen LogP contribution in [0.4, 0.5) is 17.1 Å². The van der Waals surface area contributed by atoms with Crippen LogP contribution in [0.25, 0.3) is 88.3 Å². The molecule has 0 bridgehead atoms. The number of anilines is 3. The van der Waals surface area contributed by atoms with Crippen molar-refractivity contribution in [1.29, 1.82) is 0 Å². The first kappa shape index (κ1) is 33.6. The maximum atomic E-state index is 6.46. The van der Waals surface area contributed by atoms with Gasteiger partial charge in [0.2, 0.25) is 5.89 Å². The zero-order valence-corrected chi connectivity index (χ0v) is 31.6. The Labute approximate surface area is 336 Å². The fourth-order valence-electron chi connectivity index (χ4n) is 8.45. The van der Waals surface area contributed by atoms with Crippen LogP contribution in [-0.4, -0.2) is 4.98 Å². The lowest BCUT2D eigenvalue weighted by atomic mass is 9.93. The predicted molar refractivity (Wildman–Crippen MR) is 243 cm³/mol. The first-order valence-corrected chi connectivity index (χ1v) is 19.7. The van der Waals surface area contributed by atoms with E-state index in [2.05, 4.69) is 187 Å². The highest BCUT2D eigenvalue weighted by molar-refractivity contribution is 6.14. The second-order valence-electron chi connectivity index (χ2n) is 14.7. The van der Waals surface area contributed by atoms with Crippen molar-refractivity contribution >= 4 is 60.5 Å². The number of oxazole rings is 1. The molecule has 0 unspecified atom stereocenters. The van der Waals surface area contributed by atoms with Gasteiger partial charge in [-0.1, -0.05) is 158 Å². The monoisotopic (exact) mass is 740 g/mol. The molecule has 0 aliphatic carbocycles. The molecule has 272 valence electrons. The number of hydrogen-bond donors (Lipinski definition) is 0. The minimum atomic E-state index is 0.634. The minimum Gasteiger partial charge on any atom is -0.435 e. The third kappa shape index (κ3) is 5.89. The summed E-state index contributed by atoms with van der Waals surface area (Å²) >= 11 is 0. The Kier molecular flexibility index (Phi) is 8.15. The van der Waals surface area contributed by atoms with Gasteiger partial charge in [0.25, 0.3) is 0 Å². The Morgan fingerprint density at radius 3 is 1.60 bits per heavy atom. The normalized spacial score (nSPS) is 11.4. The van der Waals surface area contributed by atoms with Crippen molar-refractivity contribution < 1.29 is 4.42 Å². The van der Waals surface area contributed by atoms with Gasteiger partial charge in [-0.2, -0.15) is 0 Å². The van der Waals surface area contributed by atoms with Crippen molar-refractivity contribution in [3.63, 3.8) is 0 Å². The van der Waals surface area contributed by atoms with E-state index in [4.69, 9.17) is 9.40 Å². The standard InChI is InChI=1S/C55H36N2O/c1-3-12-42(13-4-1)55-56-52-35-30-41-15-11-21-48(53(41)54(52)58-55)39-24-22-37(23-25-39)38-26-31-45(32-27-38)57(44-16-5-2-6-17-44)46-33-28-40(29-34-46)51-36-43-14-7-8-18-47(43)49-19-9-10-20-50(49)51/h1-36H.